The van der Waals surface area contributed by atoms with Gasteiger partial charge in [-0.2, -0.15) is 0 Å². The van der Waals surface area contributed by atoms with Gasteiger partial charge in [-0.05, 0) is 24.6 Å². The smallest absolute Gasteiger partial charge is 0.311 e. The molecule has 0 saturated carbocycles. The van der Waals surface area contributed by atoms with E-state index >= 15 is 0 Å². The zero-order chi connectivity index (χ0) is 19.1. The summed E-state index contributed by atoms with van der Waals surface area (Å²) < 4.78 is 44.2. The van der Waals surface area contributed by atoms with Crippen LogP contribution in [-0.4, -0.2) is 62.9 Å². The van der Waals surface area contributed by atoms with Crippen LogP contribution in [0.4, 0.5) is 10.1 Å². The van der Waals surface area contributed by atoms with Crippen molar-refractivity contribution in [2.45, 2.75) is 6.42 Å². The van der Waals surface area contributed by atoms with Crippen LogP contribution in [0.5, 0.6) is 0 Å². The molecule has 10 heteroatoms. The largest absolute Gasteiger partial charge is 0.481 e. The predicted octanol–water partition coefficient (Wildman–Crippen LogP) is 0.761. The van der Waals surface area contributed by atoms with E-state index in [0.29, 0.717) is 6.61 Å². The van der Waals surface area contributed by atoms with E-state index < -0.39 is 33.1 Å². The molecule has 2 atom stereocenters. The molecule has 1 aromatic carbocycles. The minimum absolute atomic E-state index is 0.0238. The SMILES string of the molecule is CS(=O)(=O)Nc1ccc(F)cc1C(=O)N1C[C@H]2COCC[C@@]2(C(=O)O)C1. The predicted molar refractivity (Wildman–Crippen MR) is 89.8 cm³/mol. The standard InChI is InChI=1S/C16H19FN2O6S/c1-26(23,24)18-13-3-2-11(17)6-12(13)14(20)19-7-10-8-25-5-4-16(10,9-19)15(21)22/h2-3,6,10,18H,4-5,7-9H2,1H3,(H,21,22)/t10-,16+/m0/s1. The molecule has 8 nitrogen and oxygen atoms in total. The summed E-state index contributed by atoms with van der Waals surface area (Å²) in [6.45, 7) is 0.656. The van der Waals surface area contributed by atoms with Crippen LogP contribution in [0, 0.1) is 17.2 Å². The summed E-state index contributed by atoms with van der Waals surface area (Å²) in [6, 6.07) is 3.16. The second kappa shape index (κ2) is 6.51. The molecule has 3 rings (SSSR count). The number of amides is 1. The van der Waals surface area contributed by atoms with Crippen molar-refractivity contribution in [1.29, 1.82) is 0 Å². The molecule has 2 saturated heterocycles. The second-order valence-electron chi connectivity index (χ2n) is 6.73. The third-order valence-corrected chi connectivity index (χ3v) is 5.52. The van der Waals surface area contributed by atoms with Gasteiger partial charge in [-0.15, -0.1) is 0 Å². The fraction of sp³-hybridized carbons (Fsp3) is 0.500. The molecule has 2 aliphatic heterocycles. The minimum atomic E-state index is -3.67. The fourth-order valence-corrected chi connectivity index (χ4v) is 4.18. The van der Waals surface area contributed by atoms with Crippen molar-refractivity contribution < 1.29 is 32.2 Å². The Hall–Kier alpha value is -2.20. The maximum Gasteiger partial charge on any atom is 0.311 e. The van der Waals surface area contributed by atoms with Gasteiger partial charge in [0.15, 0.2) is 0 Å². The van der Waals surface area contributed by atoms with Gasteiger partial charge in [-0.1, -0.05) is 0 Å². The van der Waals surface area contributed by atoms with Gasteiger partial charge >= 0.3 is 5.97 Å². The highest BCUT2D eigenvalue weighted by Gasteiger charge is 2.55. The number of benzene rings is 1. The van der Waals surface area contributed by atoms with E-state index in [-0.39, 0.29) is 43.3 Å². The van der Waals surface area contributed by atoms with E-state index in [1.54, 1.807) is 0 Å². The quantitative estimate of drug-likeness (QED) is 0.790. The van der Waals surface area contributed by atoms with E-state index in [1.807, 2.05) is 0 Å². The summed E-state index contributed by atoms with van der Waals surface area (Å²) in [5.74, 6) is -2.67. The molecular weight excluding hydrogens is 367 g/mol. The number of anilines is 1. The molecule has 0 aliphatic carbocycles. The lowest BCUT2D eigenvalue weighted by molar-refractivity contribution is -0.157. The lowest BCUT2D eigenvalue weighted by Gasteiger charge is -2.33. The first kappa shape index (κ1) is 18.6. The Morgan fingerprint density at radius 3 is 2.77 bits per heavy atom. The number of carbonyl (C=O) groups excluding carboxylic acids is 1. The molecule has 26 heavy (non-hydrogen) atoms. The lowest BCUT2D eigenvalue weighted by Crippen LogP contribution is -2.45. The number of carboxylic acid groups (broad SMARTS) is 1. The molecule has 0 radical (unpaired) electrons. The number of rotatable bonds is 4. The molecule has 2 fully saturated rings. The lowest BCUT2D eigenvalue weighted by atomic mass is 9.74. The van der Waals surface area contributed by atoms with Gasteiger partial charge in [0.1, 0.15) is 5.82 Å². The van der Waals surface area contributed by atoms with Gasteiger partial charge in [0.25, 0.3) is 5.91 Å². The minimum Gasteiger partial charge on any atom is -0.481 e. The normalized spacial score (nSPS) is 25.6. The van der Waals surface area contributed by atoms with Crippen molar-refractivity contribution >= 4 is 27.6 Å². The molecule has 0 spiro atoms. The van der Waals surface area contributed by atoms with E-state index in [4.69, 9.17) is 4.74 Å². The number of aliphatic carboxylic acids is 1. The Kier molecular flexibility index (Phi) is 4.65. The number of halogens is 1. The Bertz CT molecular complexity index is 858. The van der Waals surface area contributed by atoms with Crippen molar-refractivity contribution in [3.8, 4) is 0 Å². The van der Waals surface area contributed by atoms with Gasteiger partial charge in [0.2, 0.25) is 10.0 Å². The third kappa shape index (κ3) is 3.38. The second-order valence-corrected chi connectivity index (χ2v) is 8.48. The summed E-state index contributed by atoms with van der Waals surface area (Å²) >= 11 is 0. The number of hydrogen-bond donors (Lipinski definition) is 2. The number of sulfonamides is 1. The summed E-state index contributed by atoms with van der Waals surface area (Å²) in [5, 5.41) is 9.68. The van der Waals surface area contributed by atoms with Crippen molar-refractivity contribution in [2.75, 3.05) is 37.3 Å². The molecule has 2 heterocycles. The Morgan fingerprint density at radius 1 is 1.42 bits per heavy atom. The number of fused-ring (bicyclic) bond motifs is 1. The molecule has 2 N–H and O–H groups in total. The van der Waals surface area contributed by atoms with Gasteiger partial charge in [-0.25, -0.2) is 12.8 Å². The van der Waals surface area contributed by atoms with Gasteiger partial charge < -0.3 is 14.7 Å². The summed E-state index contributed by atoms with van der Waals surface area (Å²) in [4.78, 5) is 26.1. The molecule has 0 unspecified atom stereocenters. The molecule has 1 aromatic rings. The summed E-state index contributed by atoms with van der Waals surface area (Å²) in [6.07, 6.45) is 1.21. The zero-order valence-corrected chi connectivity index (χ0v) is 14.9. The van der Waals surface area contributed by atoms with Crippen LogP contribution in [0.3, 0.4) is 0 Å². The number of ether oxygens (including phenoxy) is 1. The highest BCUT2D eigenvalue weighted by molar-refractivity contribution is 7.92. The van der Waals surface area contributed by atoms with Crippen LogP contribution in [-0.2, 0) is 19.6 Å². The Labute approximate surface area is 150 Å². The Morgan fingerprint density at radius 2 is 2.15 bits per heavy atom. The molecular formula is C16H19FN2O6S. The van der Waals surface area contributed by atoms with Crippen LogP contribution in [0.2, 0.25) is 0 Å². The highest BCUT2D eigenvalue weighted by atomic mass is 32.2. The van der Waals surface area contributed by atoms with E-state index in [2.05, 4.69) is 4.72 Å². The third-order valence-electron chi connectivity index (χ3n) is 4.93. The fourth-order valence-electron chi connectivity index (χ4n) is 3.61. The van der Waals surface area contributed by atoms with Crippen LogP contribution in [0.1, 0.15) is 16.8 Å². The number of likely N-dealkylation sites (tertiary alicyclic amines) is 1. The zero-order valence-electron chi connectivity index (χ0n) is 14.1. The molecule has 1 amide bonds. The van der Waals surface area contributed by atoms with Crippen molar-refractivity contribution in [3.05, 3.63) is 29.6 Å². The monoisotopic (exact) mass is 386 g/mol. The maximum absolute atomic E-state index is 13.7. The van der Waals surface area contributed by atoms with E-state index in [1.165, 1.54) is 11.0 Å². The first-order chi connectivity index (χ1) is 12.1. The average molecular weight is 386 g/mol. The van der Waals surface area contributed by atoms with Crippen molar-refractivity contribution in [2.24, 2.45) is 11.3 Å². The molecule has 0 aromatic heterocycles. The number of nitrogens with one attached hydrogen (secondary N) is 1. The van der Waals surface area contributed by atoms with E-state index in [0.717, 1.165) is 18.4 Å². The van der Waals surface area contributed by atoms with Gasteiger partial charge in [0, 0.05) is 25.6 Å². The number of carboxylic acids is 1. The van der Waals surface area contributed by atoms with Crippen molar-refractivity contribution in [3.63, 3.8) is 0 Å². The van der Waals surface area contributed by atoms with Gasteiger partial charge in [-0.3, -0.25) is 14.3 Å². The summed E-state index contributed by atoms with van der Waals surface area (Å²) in [7, 11) is -3.67. The summed E-state index contributed by atoms with van der Waals surface area (Å²) in [5.41, 5.74) is -1.30. The Balaban J connectivity index is 1.93. The van der Waals surface area contributed by atoms with Crippen molar-refractivity contribution in [1.82, 2.24) is 4.90 Å². The first-order valence-corrected chi connectivity index (χ1v) is 9.89. The highest BCUT2D eigenvalue weighted by Crippen LogP contribution is 2.43. The number of carbonyl (C=O) groups is 2. The maximum atomic E-state index is 13.7. The number of nitrogens with zero attached hydrogens (tertiary/aromatic N) is 1. The topological polar surface area (TPSA) is 113 Å². The van der Waals surface area contributed by atoms with Crippen LogP contribution >= 0.6 is 0 Å². The van der Waals surface area contributed by atoms with E-state index in [9.17, 15) is 27.5 Å². The van der Waals surface area contributed by atoms with Crippen LogP contribution in [0.15, 0.2) is 18.2 Å². The van der Waals surface area contributed by atoms with Crippen LogP contribution < -0.4 is 4.72 Å². The molecule has 2 aliphatic rings. The first-order valence-electron chi connectivity index (χ1n) is 8.00. The molecule has 0 bridgehead atoms. The number of hydrogen-bond acceptors (Lipinski definition) is 5. The van der Waals surface area contributed by atoms with Crippen LogP contribution in [0.25, 0.3) is 0 Å². The average Bonchev–Trinajstić information content (AvgIpc) is 2.95. The molecule has 142 valence electrons. The van der Waals surface area contributed by atoms with Gasteiger partial charge in [0.05, 0.1) is 29.5 Å².